The minimum Gasteiger partial charge on any atom is -0.547 e. The third kappa shape index (κ3) is 3.16. The van der Waals surface area contributed by atoms with Crippen molar-refractivity contribution >= 4 is 8.32 Å². The van der Waals surface area contributed by atoms with E-state index >= 15 is 0 Å². The van der Waals surface area contributed by atoms with Crippen LogP contribution < -0.4 is 4.74 Å². The molecule has 3 heteroatoms. The quantitative estimate of drug-likeness (QED) is 0.549. The summed E-state index contributed by atoms with van der Waals surface area (Å²) in [5, 5.41) is 0. The standard InChI is InChI=1S/C24H36O2Si/c1-7-16-14-17-15-18(25-3)8-9-19(17)20-12-13-24(2)21(23(16)20)10-11-22(24)26-27(4,5)6/h8-9,11,15-16,20-21,23H,7,10,12-14H2,1-6H3/t16-,20?,21+,23?,24+/m1/s1. The molecule has 0 bridgehead atoms. The van der Waals surface area contributed by atoms with Gasteiger partial charge in [0.2, 0.25) is 8.32 Å². The first-order valence-electron chi connectivity index (χ1n) is 10.8. The molecular formula is C24H36O2Si. The predicted molar refractivity (Wildman–Crippen MR) is 115 cm³/mol. The summed E-state index contributed by atoms with van der Waals surface area (Å²) < 4.78 is 12.1. The molecule has 0 heterocycles. The lowest BCUT2D eigenvalue weighted by Crippen LogP contribution is -2.46. The molecule has 1 aromatic rings. The molecule has 1 aromatic carbocycles. The van der Waals surface area contributed by atoms with Crippen molar-refractivity contribution in [1.82, 2.24) is 0 Å². The van der Waals surface area contributed by atoms with Gasteiger partial charge >= 0.3 is 0 Å². The highest BCUT2D eigenvalue weighted by atomic mass is 28.4. The van der Waals surface area contributed by atoms with Crippen LogP contribution in [0, 0.1) is 23.2 Å². The van der Waals surface area contributed by atoms with Crippen molar-refractivity contribution in [2.75, 3.05) is 7.11 Å². The number of rotatable bonds is 4. The molecule has 1 fully saturated rings. The van der Waals surface area contributed by atoms with E-state index in [2.05, 4.69) is 57.8 Å². The SMILES string of the molecule is CC[C@@H]1Cc2cc(OC)ccc2C2CC[C@]3(C)C(O[Si](C)(C)C)=CC[C@H]3C21. The molecule has 4 rings (SSSR count). The van der Waals surface area contributed by atoms with Crippen molar-refractivity contribution in [3.05, 3.63) is 41.2 Å². The number of benzene rings is 1. The minimum atomic E-state index is -1.56. The number of ether oxygens (including phenoxy) is 1. The third-order valence-corrected chi connectivity index (χ3v) is 8.39. The Labute approximate surface area is 166 Å². The van der Waals surface area contributed by atoms with Crippen LogP contribution >= 0.6 is 0 Å². The number of fused-ring (bicyclic) bond motifs is 5. The summed E-state index contributed by atoms with van der Waals surface area (Å²) in [6, 6.07) is 6.83. The van der Waals surface area contributed by atoms with Crippen molar-refractivity contribution in [1.29, 1.82) is 0 Å². The molecule has 3 aliphatic rings. The van der Waals surface area contributed by atoms with Crippen LogP contribution in [-0.4, -0.2) is 15.4 Å². The highest BCUT2D eigenvalue weighted by molar-refractivity contribution is 6.70. The van der Waals surface area contributed by atoms with E-state index in [0.29, 0.717) is 5.92 Å². The van der Waals surface area contributed by atoms with Crippen LogP contribution in [-0.2, 0) is 10.8 Å². The van der Waals surface area contributed by atoms with E-state index in [0.717, 1.165) is 23.5 Å². The molecule has 2 nitrogen and oxygen atoms in total. The second kappa shape index (κ2) is 6.68. The lowest BCUT2D eigenvalue weighted by Gasteiger charge is -2.53. The highest BCUT2D eigenvalue weighted by Gasteiger charge is 2.55. The zero-order valence-electron chi connectivity index (χ0n) is 18.0. The summed E-state index contributed by atoms with van der Waals surface area (Å²) in [7, 11) is 0.214. The predicted octanol–water partition coefficient (Wildman–Crippen LogP) is 6.53. The lowest BCUT2D eigenvalue weighted by molar-refractivity contribution is 0.0188. The Balaban J connectivity index is 1.68. The van der Waals surface area contributed by atoms with Gasteiger partial charge in [0.1, 0.15) is 5.75 Å². The van der Waals surface area contributed by atoms with Gasteiger partial charge in [-0.05, 0) is 98.3 Å². The molecule has 0 N–H and O–H groups in total. The maximum atomic E-state index is 6.60. The molecule has 0 aliphatic heterocycles. The maximum absolute atomic E-state index is 6.60. The van der Waals surface area contributed by atoms with Gasteiger partial charge in [-0.3, -0.25) is 0 Å². The topological polar surface area (TPSA) is 18.5 Å². The largest absolute Gasteiger partial charge is 0.547 e. The monoisotopic (exact) mass is 384 g/mol. The lowest BCUT2D eigenvalue weighted by atomic mass is 9.52. The summed E-state index contributed by atoms with van der Waals surface area (Å²) in [6.45, 7) is 11.8. The first kappa shape index (κ1) is 19.1. The van der Waals surface area contributed by atoms with Crippen LogP contribution in [0.5, 0.6) is 5.75 Å². The maximum Gasteiger partial charge on any atom is 0.241 e. The van der Waals surface area contributed by atoms with E-state index < -0.39 is 8.32 Å². The highest BCUT2D eigenvalue weighted by Crippen LogP contribution is 2.63. The second-order valence-corrected chi connectivity index (χ2v) is 14.6. The number of allylic oxidation sites excluding steroid dienone is 2. The van der Waals surface area contributed by atoms with E-state index in [1.54, 1.807) is 12.7 Å². The van der Waals surface area contributed by atoms with Gasteiger partial charge in [0.25, 0.3) is 0 Å². The van der Waals surface area contributed by atoms with Gasteiger partial charge in [-0.15, -0.1) is 0 Å². The van der Waals surface area contributed by atoms with Crippen LogP contribution in [0.25, 0.3) is 0 Å². The fourth-order valence-electron chi connectivity index (χ4n) is 6.32. The molecule has 5 atom stereocenters. The summed E-state index contributed by atoms with van der Waals surface area (Å²) in [5.41, 5.74) is 3.39. The molecular weight excluding hydrogens is 348 g/mol. The molecule has 148 valence electrons. The van der Waals surface area contributed by atoms with Crippen LogP contribution in [0.1, 0.15) is 56.6 Å². The van der Waals surface area contributed by atoms with Gasteiger partial charge < -0.3 is 9.16 Å². The molecule has 0 aromatic heterocycles. The summed E-state index contributed by atoms with van der Waals surface area (Å²) in [4.78, 5) is 0. The van der Waals surface area contributed by atoms with E-state index in [9.17, 15) is 0 Å². The van der Waals surface area contributed by atoms with Crippen LogP contribution in [0.15, 0.2) is 30.0 Å². The van der Waals surface area contributed by atoms with Gasteiger partial charge in [-0.2, -0.15) is 0 Å². The number of hydrogen-bond donors (Lipinski definition) is 0. The van der Waals surface area contributed by atoms with Crippen LogP contribution in [0.4, 0.5) is 0 Å². The average molecular weight is 385 g/mol. The normalized spacial score (nSPS) is 35.0. The Morgan fingerprint density at radius 2 is 2.00 bits per heavy atom. The van der Waals surface area contributed by atoms with E-state index in [-0.39, 0.29) is 5.41 Å². The average Bonchev–Trinajstić information content (AvgIpc) is 2.95. The van der Waals surface area contributed by atoms with E-state index in [4.69, 9.17) is 9.16 Å². The zero-order chi connectivity index (χ0) is 19.4. The molecule has 27 heavy (non-hydrogen) atoms. The first-order chi connectivity index (χ1) is 12.8. The third-order valence-electron chi connectivity index (χ3n) is 7.56. The number of hydrogen-bond acceptors (Lipinski definition) is 2. The Kier molecular flexibility index (Phi) is 4.73. The fraction of sp³-hybridized carbons (Fsp3) is 0.667. The Bertz CT molecular complexity index is 747. The summed E-state index contributed by atoms with van der Waals surface area (Å²) >= 11 is 0. The minimum absolute atomic E-state index is 0.249. The van der Waals surface area contributed by atoms with E-state index in [1.807, 2.05) is 0 Å². The molecule has 2 unspecified atom stereocenters. The van der Waals surface area contributed by atoms with Crippen LogP contribution in [0.2, 0.25) is 19.6 Å². The number of methoxy groups -OCH3 is 1. The van der Waals surface area contributed by atoms with Gasteiger partial charge in [0, 0.05) is 5.41 Å². The Hall–Kier alpha value is -1.22. The molecule has 1 saturated carbocycles. The molecule has 3 aliphatic carbocycles. The molecule has 0 saturated heterocycles. The Morgan fingerprint density at radius 1 is 1.22 bits per heavy atom. The van der Waals surface area contributed by atoms with Crippen molar-refractivity contribution in [2.45, 2.75) is 71.5 Å². The van der Waals surface area contributed by atoms with Gasteiger partial charge in [0.05, 0.1) is 12.9 Å². The van der Waals surface area contributed by atoms with Crippen molar-refractivity contribution in [3.63, 3.8) is 0 Å². The summed E-state index contributed by atoms with van der Waals surface area (Å²) in [5.74, 6) is 5.36. The van der Waals surface area contributed by atoms with Gasteiger partial charge in [-0.25, -0.2) is 0 Å². The smallest absolute Gasteiger partial charge is 0.241 e. The Morgan fingerprint density at radius 3 is 2.67 bits per heavy atom. The van der Waals surface area contributed by atoms with E-state index in [1.165, 1.54) is 43.4 Å². The second-order valence-electron chi connectivity index (χ2n) is 10.2. The molecule has 0 spiro atoms. The zero-order valence-corrected chi connectivity index (χ0v) is 19.0. The molecule has 0 radical (unpaired) electrons. The first-order valence-corrected chi connectivity index (χ1v) is 14.2. The molecule has 0 amide bonds. The van der Waals surface area contributed by atoms with Crippen LogP contribution in [0.3, 0.4) is 0 Å². The van der Waals surface area contributed by atoms with Crippen molar-refractivity contribution in [3.8, 4) is 5.75 Å². The van der Waals surface area contributed by atoms with Gasteiger partial charge in [-0.1, -0.05) is 26.3 Å². The van der Waals surface area contributed by atoms with Crippen molar-refractivity contribution < 1.29 is 9.16 Å². The van der Waals surface area contributed by atoms with Crippen molar-refractivity contribution in [2.24, 2.45) is 23.2 Å². The van der Waals surface area contributed by atoms with Gasteiger partial charge in [0.15, 0.2) is 0 Å². The summed E-state index contributed by atoms with van der Waals surface area (Å²) in [6.07, 6.45) is 8.70. The fourth-order valence-corrected chi connectivity index (χ4v) is 7.30.